The van der Waals surface area contributed by atoms with Gasteiger partial charge in [0.05, 0.1) is 5.41 Å². The molecule has 2 heterocycles. The van der Waals surface area contributed by atoms with E-state index in [2.05, 4.69) is 15.5 Å². The van der Waals surface area contributed by atoms with Crippen LogP contribution in [0.4, 0.5) is 8.78 Å². The van der Waals surface area contributed by atoms with Gasteiger partial charge in [-0.25, -0.2) is 8.78 Å². The number of nitrogens with one attached hydrogen (secondary N) is 1. The summed E-state index contributed by atoms with van der Waals surface area (Å²) in [4.78, 5) is 31.4. The highest BCUT2D eigenvalue weighted by Crippen LogP contribution is 2.50. The Morgan fingerprint density at radius 1 is 1.30 bits per heavy atom. The molecule has 1 unspecified atom stereocenters. The molecular formula is C21H24F2N4O3. The Hall–Kier alpha value is -2.84. The van der Waals surface area contributed by atoms with E-state index >= 15 is 0 Å². The molecule has 2 aliphatic rings. The van der Waals surface area contributed by atoms with E-state index in [0.29, 0.717) is 37.6 Å². The van der Waals surface area contributed by atoms with Gasteiger partial charge >= 0.3 is 0 Å². The maximum Gasteiger partial charge on any atom is 0.251 e. The second kappa shape index (κ2) is 7.45. The molecule has 4 rings (SSSR count). The molecule has 2 fully saturated rings. The van der Waals surface area contributed by atoms with Crippen LogP contribution < -0.4 is 5.32 Å². The fourth-order valence-corrected chi connectivity index (χ4v) is 4.75. The Balaban J connectivity index is 1.55. The molecule has 1 aromatic carbocycles. The summed E-state index contributed by atoms with van der Waals surface area (Å²) in [7, 11) is 0. The normalized spacial score (nSPS) is 25.6. The van der Waals surface area contributed by atoms with E-state index in [9.17, 15) is 18.4 Å². The maximum atomic E-state index is 13.5. The third-order valence-electron chi connectivity index (χ3n) is 6.15. The summed E-state index contributed by atoms with van der Waals surface area (Å²) in [5.74, 6) is -1.53. The molecular weight excluding hydrogens is 394 g/mol. The SMILES string of the molecule is Cc1noc([C@]23C[C@H](NC(=O)c4ccc(F)c(F)c4)CC2CN(C(=O)C(C)C)C3)n1. The summed E-state index contributed by atoms with van der Waals surface area (Å²) in [5, 5.41) is 6.84. The lowest BCUT2D eigenvalue weighted by Crippen LogP contribution is -2.40. The van der Waals surface area contributed by atoms with Crippen LogP contribution in [-0.4, -0.2) is 46.0 Å². The first-order valence-corrected chi connectivity index (χ1v) is 10.0. The average Bonchev–Trinajstić information content (AvgIpc) is 3.35. The van der Waals surface area contributed by atoms with E-state index in [1.165, 1.54) is 6.07 Å². The second-order valence-electron chi connectivity index (χ2n) is 8.61. The Labute approximate surface area is 172 Å². The van der Waals surface area contributed by atoms with Gasteiger partial charge in [-0.15, -0.1) is 0 Å². The molecule has 1 saturated carbocycles. The quantitative estimate of drug-likeness (QED) is 0.825. The minimum Gasteiger partial charge on any atom is -0.349 e. The van der Waals surface area contributed by atoms with Crippen LogP contribution in [0.5, 0.6) is 0 Å². The van der Waals surface area contributed by atoms with Crippen molar-refractivity contribution in [3.8, 4) is 0 Å². The number of hydrogen-bond donors (Lipinski definition) is 1. The fourth-order valence-electron chi connectivity index (χ4n) is 4.75. The largest absolute Gasteiger partial charge is 0.349 e. The van der Waals surface area contributed by atoms with E-state index in [4.69, 9.17) is 4.52 Å². The first-order chi connectivity index (χ1) is 14.2. The van der Waals surface area contributed by atoms with E-state index in [0.717, 1.165) is 12.1 Å². The highest BCUT2D eigenvalue weighted by atomic mass is 19.2. The summed E-state index contributed by atoms with van der Waals surface area (Å²) >= 11 is 0. The lowest BCUT2D eigenvalue weighted by atomic mass is 9.80. The van der Waals surface area contributed by atoms with Crippen molar-refractivity contribution in [2.24, 2.45) is 11.8 Å². The second-order valence-corrected chi connectivity index (χ2v) is 8.61. The minimum absolute atomic E-state index is 0.0512. The molecule has 7 nitrogen and oxygen atoms in total. The Bertz CT molecular complexity index is 992. The summed E-state index contributed by atoms with van der Waals surface area (Å²) in [6, 6.07) is 2.87. The monoisotopic (exact) mass is 418 g/mol. The standard InChI is InChI=1S/C21H24F2N4O3/c1-11(2)19(29)27-9-14-7-15(8-21(14,10-27)20-24-12(3)26-30-20)25-18(28)13-4-5-16(22)17(23)6-13/h4-6,11,14-15H,7-10H2,1-3H3,(H,25,28)/t14?,15-,21+/m1/s1. The summed E-state index contributed by atoms with van der Waals surface area (Å²) < 4.78 is 32.2. The van der Waals surface area contributed by atoms with Crippen molar-refractivity contribution >= 4 is 11.8 Å². The van der Waals surface area contributed by atoms with Gasteiger partial charge in [0.15, 0.2) is 17.5 Å². The molecule has 1 aliphatic carbocycles. The van der Waals surface area contributed by atoms with Gasteiger partial charge in [0.2, 0.25) is 11.8 Å². The van der Waals surface area contributed by atoms with Crippen molar-refractivity contribution in [2.45, 2.75) is 45.1 Å². The molecule has 30 heavy (non-hydrogen) atoms. The van der Waals surface area contributed by atoms with Gasteiger partial charge < -0.3 is 14.7 Å². The van der Waals surface area contributed by atoms with Gasteiger partial charge in [-0.05, 0) is 43.9 Å². The third kappa shape index (κ3) is 3.46. The van der Waals surface area contributed by atoms with E-state index in [1.54, 1.807) is 6.92 Å². The number of benzene rings is 1. The lowest BCUT2D eigenvalue weighted by molar-refractivity contribution is -0.133. The maximum absolute atomic E-state index is 13.5. The van der Waals surface area contributed by atoms with Crippen LogP contribution in [0.1, 0.15) is 48.8 Å². The van der Waals surface area contributed by atoms with Crippen molar-refractivity contribution in [2.75, 3.05) is 13.1 Å². The van der Waals surface area contributed by atoms with Gasteiger partial charge in [-0.3, -0.25) is 9.59 Å². The molecule has 2 amide bonds. The summed E-state index contributed by atoms with van der Waals surface area (Å²) in [6.45, 7) is 6.47. The van der Waals surface area contributed by atoms with Crippen LogP contribution >= 0.6 is 0 Å². The van der Waals surface area contributed by atoms with Crippen molar-refractivity contribution in [1.82, 2.24) is 20.4 Å². The number of carbonyl (C=O) groups is 2. The number of halogens is 2. The first-order valence-electron chi connectivity index (χ1n) is 10.0. The zero-order valence-corrected chi connectivity index (χ0v) is 17.1. The van der Waals surface area contributed by atoms with Crippen molar-refractivity contribution in [1.29, 1.82) is 0 Å². The molecule has 0 radical (unpaired) electrons. The molecule has 0 bridgehead atoms. The Morgan fingerprint density at radius 3 is 2.70 bits per heavy atom. The molecule has 1 aromatic heterocycles. The number of aryl methyl sites for hydroxylation is 1. The third-order valence-corrected chi connectivity index (χ3v) is 6.15. The van der Waals surface area contributed by atoms with Crippen molar-refractivity contribution < 1.29 is 22.9 Å². The zero-order chi connectivity index (χ0) is 21.6. The van der Waals surface area contributed by atoms with Gasteiger partial charge in [0, 0.05) is 30.6 Å². The fraction of sp³-hybridized carbons (Fsp3) is 0.524. The number of hydrogen-bond acceptors (Lipinski definition) is 5. The molecule has 2 aromatic rings. The average molecular weight is 418 g/mol. The van der Waals surface area contributed by atoms with Gasteiger partial charge in [0.1, 0.15) is 0 Å². The van der Waals surface area contributed by atoms with Gasteiger partial charge in [-0.2, -0.15) is 4.98 Å². The number of amides is 2. The van der Waals surface area contributed by atoms with E-state index < -0.39 is 23.0 Å². The number of nitrogens with zero attached hydrogens (tertiary/aromatic N) is 3. The predicted molar refractivity (Wildman–Crippen MR) is 102 cm³/mol. The highest BCUT2D eigenvalue weighted by molar-refractivity contribution is 5.94. The van der Waals surface area contributed by atoms with Crippen molar-refractivity contribution in [3.05, 3.63) is 47.1 Å². The molecule has 0 spiro atoms. The van der Waals surface area contributed by atoms with Crippen LogP contribution in [0.3, 0.4) is 0 Å². The molecule has 160 valence electrons. The molecule has 1 saturated heterocycles. The number of carbonyl (C=O) groups excluding carboxylic acids is 2. The topological polar surface area (TPSA) is 88.3 Å². The smallest absolute Gasteiger partial charge is 0.251 e. The first kappa shape index (κ1) is 20.4. The Morgan fingerprint density at radius 2 is 2.07 bits per heavy atom. The van der Waals surface area contributed by atoms with Crippen LogP contribution in [0.15, 0.2) is 22.7 Å². The molecule has 1 N–H and O–H groups in total. The molecule has 3 atom stereocenters. The van der Waals surface area contributed by atoms with Crippen LogP contribution in [0.25, 0.3) is 0 Å². The number of likely N-dealkylation sites (tertiary alicyclic amines) is 1. The van der Waals surface area contributed by atoms with Crippen LogP contribution in [0.2, 0.25) is 0 Å². The van der Waals surface area contributed by atoms with Crippen LogP contribution in [0, 0.1) is 30.4 Å². The van der Waals surface area contributed by atoms with Crippen LogP contribution in [-0.2, 0) is 10.2 Å². The van der Waals surface area contributed by atoms with Crippen molar-refractivity contribution in [3.63, 3.8) is 0 Å². The van der Waals surface area contributed by atoms with E-state index in [-0.39, 0.29) is 29.3 Å². The lowest BCUT2D eigenvalue weighted by Gasteiger charge is -2.26. The van der Waals surface area contributed by atoms with Gasteiger partial charge in [-0.1, -0.05) is 19.0 Å². The number of rotatable bonds is 4. The Kier molecular flexibility index (Phi) is 5.07. The summed E-state index contributed by atoms with van der Waals surface area (Å²) in [6.07, 6.45) is 1.15. The number of aromatic nitrogens is 2. The summed E-state index contributed by atoms with van der Waals surface area (Å²) in [5.41, 5.74) is -0.470. The zero-order valence-electron chi connectivity index (χ0n) is 17.1. The molecule has 9 heteroatoms. The van der Waals surface area contributed by atoms with Gasteiger partial charge in [0.25, 0.3) is 5.91 Å². The predicted octanol–water partition coefficient (Wildman–Crippen LogP) is 2.60. The highest BCUT2D eigenvalue weighted by Gasteiger charge is 2.58. The van der Waals surface area contributed by atoms with E-state index in [1.807, 2.05) is 18.7 Å². The molecule has 1 aliphatic heterocycles. The number of fused-ring (bicyclic) bond motifs is 1. The minimum atomic E-state index is -1.06.